The molecule has 210 valence electrons. The quantitative estimate of drug-likeness (QED) is 0.367. The number of alkyl halides is 3. The van der Waals surface area contributed by atoms with Crippen molar-refractivity contribution in [3.05, 3.63) is 57.5 Å². The first-order valence-electron chi connectivity index (χ1n) is 12.2. The molecule has 1 aliphatic rings. The van der Waals surface area contributed by atoms with Crippen LogP contribution in [0, 0.1) is 12.7 Å². The van der Waals surface area contributed by atoms with E-state index in [2.05, 4.69) is 15.3 Å². The smallest absolute Gasteiger partial charge is 0.422 e. The van der Waals surface area contributed by atoms with Crippen molar-refractivity contribution in [3.8, 4) is 5.75 Å². The van der Waals surface area contributed by atoms with Gasteiger partial charge in [0.2, 0.25) is 5.91 Å². The van der Waals surface area contributed by atoms with Gasteiger partial charge in [-0.3, -0.25) is 19.0 Å². The Kier molecular flexibility index (Phi) is 8.23. The second-order valence-electron chi connectivity index (χ2n) is 9.24. The zero-order valence-electron chi connectivity index (χ0n) is 21.0. The normalized spacial score (nSPS) is 14.6. The molecule has 3 heterocycles. The van der Waals surface area contributed by atoms with E-state index in [4.69, 9.17) is 9.84 Å². The zero-order chi connectivity index (χ0) is 28.3. The van der Waals surface area contributed by atoms with Crippen LogP contribution in [-0.2, 0) is 17.8 Å². The van der Waals surface area contributed by atoms with E-state index in [0.717, 1.165) is 5.56 Å². The number of H-pyrrole nitrogens is 1. The Labute approximate surface area is 219 Å². The first-order chi connectivity index (χ1) is 18.5. The summed E-state index contributed by atoms with van der Waals surface area (Å²) in [5.41, 5.74) is -0.426. The number of benzene rings is 1. The second kappa shape index (κ2) is 11.4. The fraction of sp³-hybridized carbons (Fsp3) is 0.440. The Balaban J connectivity index is 1.63. The standard InChI is InChI=1S/C25H27F4N5O5/c1-14-30-22-19(24(38)34(14)11-6-15-2-4-16(26)5-3-15)21(39-13-25(27,28)29)20(32-22)23(37)31-17-7-9-33(10-8-17)18(36)12-35/h2-5,17,32,35H,6-13H2,1H3,(H,31,37). The molecule has 2 amide bonds. The number of fused-ring (bicyclic) bond motifs is 1. The number of aromatic amines is 1. The maximum Gasteiger partial charge on any atom is 0.422 e. The lowest BCUT2D eigenvalue weighted by atomic mass is 10.0. The Morgan fingerprint density at radius 3 is 2.49 bits per heavy atom. The number of carbonyl (C=O) groups is 2. The maximum absolute atomic E-state index is 13.4. The van der Waals surface area contributed by atoms with Gasteiger partial charge in [0.15, 0.2) is 12.4 Å². The zero-order valence-corrected chi connectivity index (χ0v) is 21.0. The van der Waals surface area contributed by atoms with E-state index < -0.39 is 54.4 Å². The Morgan fingerprint density at radius 1 is 1.21 bits per heavy atom. The van der Waals surface area contributed by atoms with Crippen molar-refractivity contribution in [2.24, 2.45) is 0 Å². The van der Waals surface area contributed by atoms with E-state index in [1.807, 2.05) is 0 Å². The van der Waals surface area contributed by atoms with Crippen LogP contribution in [-0.4, -0.2) is 74.9 Å². The van der Waals surface area contributed by atoms with Gasteiger partial charge >= 0.3 is 6.18 Å². The van der Waals surface area contributed by atoms with Crippen LogP contribution >= 0.6 is 0 Å². The number of hydrogen-bond acceptors (Lipinski definition) is 6. The van der Waals surface area contributed by atoms with Crippen LogP contribution in [0.4, 0.5) is 17.6 Å². The highest BCUT2D eigenvalue weighted by Crippen LogP contribution is 2.29. The molecule has 1 aromatic carbocycles. The largest absolute Gasteiger partial charge is 0.481 e. The molecule has 4 rings (SSSR count). The molecule has 0 saturated carbocycles. The van der Waals surface area contributed by atoms with Gasteiger partial charge in [0.1, 0.15) is 35.0 Å². The second-order valence-corrected chi connectivity index (χ2v) is 9.24. The van der Waals surface area contributed by atoms with Gasteiger partial charge in [0, 0.05) is 25.7 Å². The molecular weight excluding hydrogens is 526 g/mol. The van der Waals surface area contributed by atoms with E-state index in [9.17, 15) is 31.9 Å². The summed E-state index contributed by atoms with van der Waals surface area (Å²) in [4.78, 5) is 46.6. The molecule has 3 aromatic rings. The molecule has 14 heteroatoms. The number of amides is 2. The molecule has 0 bridgehead atoms. The number of hydrogen-bond donors (Lipinski definition) is 3. The van der Waals surface area contributed by atoms with E-state index >= 15 is 0 Å². The number of likely N-dealkylation sites (tertiary alicyclic amines) is 1. The van der Waals surface area contributed by atoms with Crippen LogP contribution in [0.2, 0.25) is 0 Å². The molecule has 39 heavy (non-hydrogen) atoms. The van der Waals surface area contributed by atoms with Crippen LogP contribution < -0.4 is 15.6 Å². The molecule has 10 nitrogen and oxygen atoms in total. The highest BCUT2D eigenvalue weighted by Gasteiger charge is 2.33. The third-order valence-corrected chi connectivity index (χ3v) is 6.52. The fourth-order valence-electron chi connectivity index (χ4n) is 4.50. The molecule has 0 radical (unpaired) electrons. The maximum atomic E-state index is 13.4. The SMILES string of the molecule is Cc1nc2[nH]c(C(=O)NC3CCN(C(=O)CO)CC3)c(OCC(F)(F)F)c2c(=O)n1CCc1ccc(F)cc1. The van der Waals surface area contributed by atoms with Gasteiger partial charge < -0.3 is 25.0 Å². The average Bonchev–Trinajstić information content (AvgIpc) is 3.26. The first kappa shape index (κ1) is 28.1. The van der Waals surface area contributed by atoms with Crippen LogP contribution in [0.25, 0.3) is 11.0 Å². The van der Waals surface area contributed by atoms with Gasteiger partial charge in [-0.25, -0.2) is 9.37 Å². The van der Waals surface area contributed by atoms with Crippen molar-refractivity contribution in [2.75, 3.05) is 26.3 Å². The molecule has 3 N–H and O–H groups in total. The lowest BCUT2D eigenvalue weighted by molar-refractivity contribution is -0.153. The monoisotopic (exact) mass is 553 g/mol. The molecule has 0 aliphatic carbocycles. The molecule has 1 aliphatic heterocycles. The summed E-state index contributed by atoms with van der Waals surface area (Å²) in [5, 5.41) is 11.4. The Morgan fingerprint density at radius 2 is 1.87 bits per heavy atom. The third-order valence-electron chi connectivity index (χ3n) is 6.52. The molecule has 0 atom stereocenters. The number of aliphatic hydroxyl groups is 1. The molecule has 0 unspecified atom stereocenters. The number of aryl methyl sites for hydroxylation is 2. The predicted molar refractivity (Wildman–Crippen MR) is 131 cm³/mol. The average molecular weight is 554 g/mol. The first-order valence-corrected chi connectivity index (χ1v) is 12.2. The van der Waals surface area contributed by atoms with E-state index in [0.29, 0.717) is 19.3 Å². The van der Waals surface area contributed by atoms with Crippen molar-refractivity contribution < 1.29 is 37.0 Å². The van der Waals surface area contributed by atoms with Crippen LogP contribution in [0.15, 0.2) is 29.1 Å². The molecule has 2 aromatic heterocycles. The number of rotatable bonds is 8. The lowest BCUT2D eigenvalue weighted by Crippen LogP contribution is -2.47. The number of nitrogens with one attached hydrogen (secondary N) is 2. The highest BCUT2D eigenvalue weighted by molar-refractivity contribution is 6.02. The summed E-state index contributed by atoms with van der Waals surface area (Å²) in [5.74, 6) is -1.93. The summed E-state index contributed by atoms with van der Waals surface area (Å²) in [6.07, 6.45) is -3.68. The number of carbonyl (C=O) groups excluding carboxylic acids is 2. The van der Waals surface area contributed by atoms with Crippen molar-refractivity contribution in [1.82, 2.24) is 24.8 Å². The number of halogens is 4. The number of piperidine rings is 1. The highest BCUT2D eigenvalue weighted by atomic mass is 19.4. The molecule has 1 saturated heterocycles. The van der Waals surface area contributed by atoms with Crippen molar-refractivity contribution >= 4 is 22.8 Å². The van der Waals surface area contributed by atoms with E-state index in [1.54, 1.807) is 19.1 Å². The van der Waals surface area contributed by atoms with Gasteiger partial charge in [0.05, 0.1) is 0 Å². The van der Waals surface area contributed by atoms with Gasteiger partial charge in [-0.2, -0.15) is 13.2 Å². The summed E-state index contributed by atoms with van der Waals surface area (Å²) >= 11 is 0. The van der Waals surface area contributed by atoms with Gasteiger partial charge in [-0.1, -0.05) is 12.1 Å². The van der Waals surface area contributed by atoms with Gasteiger partial charge in [0.25, 0.3) is 11.5 Å². The van der Waals surface area contributed by atoms with Crippen molar-refractivity contribution in [2.45, 2.75) is 44.9 Å². The predicted octanol–water partition coefficient (Wildman–Crippen LogP) is 2.07. The summed E-state index contributed by atoms with van der Waals surface area (Å²) in [6.45, 7) is -0.133. The summed E-state index contributed by atoms with van der Waals surface area (Å²) in [6, 6.07) is 5.27. The van der Waals surface area contributed by atoms with E-state index in [1.165, 1.54) is 21.6 Å². The Hall–Kier alpha value is -3.94. The number of nitrogens with zero attached hydrogens (tertiary/aromatic N) is 3. The fourth-order valence-corrected chi connectivity index (χ4v) is 4.50. The number of aliphatic hydroxyl groups excluding tert-OH is 1. The minimum absolute atomic E-state index is 0.0961. The van der Waals surface area contributed by atoms with Crippen LogP contribution in [0.1, 0.15) is 34.7 Å². The summed E-state index contributed by atoms with van der Waals surface area (Å²) in [7, 11) is 0. The molecule has 1 fully saturated rings. The van der Waals surface area contributed by atoms with Crippen molar-refractivity contribution in [3.63, 3.8) is 0 Å². The van der Waals surface area contributed by atoms with Crippen LogP contribution in [0.5, 0.6) is 5.75 Å². The number of aromatic nitrogens is 3. The third kappa shape index (κ3) is 6.56. The molecular formula is C25H27F4N5O5. The van der Waals surface area contributed by atoms with E-state index in [-0.39, 0.29) is 42.2 Å². The number of ether oxygens (including phenoxy) is 1. The van der Waals surface area contributed by atoms with Gasteiger partial charge in [-0.05, 0) is 43.9 Å². The minimum atomic E-state index is -4.73. The van der Waals surface area contributed by atoms with Gasteiger partial charge in [-0.15, -0.1) is 0 Å². The topological polar surface area (TPSA) is 130 Å². The van der Waals surface area contributed by atoms with Crippen molar-refractivity contribution in [1.29, 1.82) is 0 Å². The summed E-state index contributed by atoms with van der Waals surface area (Å²) < 4.78 is 58.6. The molecule has 0 spiro atoms. The lowest BCUT2D eigenvalue weighted by Gasteiger charge is -2.32. The van der Waals surface area contributed by atoms with Crippen LogP contribution in [0.3, 0.4) is 0 Å². The Bertz CT molecular complexity index is 1410. The minimum Gasteiger partial charge on any atom is -0.481 e.